The summed E-state index contributed by atoms with van der Waals surface area (Å²) in [5, 5.41) is 19.7. The second kappa shape index (κ2) is 12.5. The van der Waals surface area contributed by atoms with E-state index in [0.29, 0.717) is 29.8 Å². The number of imide groups is 1. The van der Waals surface area contributed by atoms with Crippen molar-refractivity contribution in [1.29, 1.82) is 0 Å². The minimum atomic E-state index is -0.618. The summed E-state index contributed by atoms with van der Waals surface area (Å²) >= 11 is 0. The number of esters is 1. The third-order valence-corrected chi connectivity index (χ3v) is 4.71. The standard InChI is InChI=1S/C24H23N3O6.Fe/c1-16-12-22(30)27(24(16)32)11-8-23(31)33-19-6-7-21(29)18(13-19)15-26-10-9-25-14-17-4-2-3-5-20(17)28;/h2-7,12-15,28-29H,8-11H2,1H3;. The Labute approximate surface area is 207 Å². The van der Waals surface area contributed by atoms with Crippen LogP contribution in [0.1, 0.15) is 24.5 Å². The van der Waals surface area contributed by atoms with E-state index in [2.05, 4.69) is 9.98 Å². The first-order chi connectivity index (χ1) is 15.8. The molecule has 1 aliphatic heterocycles. The van der Waals surface area contributed by atoms with Crippen molar-refractivity contribution < 1.29 is 46.4 Å². The van der Waals surface area contributed by atoms with Gasteiger partial charge in [0.25, 0.3) is 11.8 Å². The number of carbonyl (C=O) groups is 3. The van der Waals surface area contributed by atoms with Crippen LogP contribution in [0.3, 0.4) is 0 Å². The van der Waals surface area contributed by atoms with Crippen LogP contribution in [0.5, 0.6) is 17.2 Å². The maximum atomic E-state index is 12.1. The van der Waals surface area contributed by atoms with Gasteiger partial charge >= 0.3 is 5.97 Å². The Kier molecular flexibility index (Phi) is 9.73. The summed E-state index contributed by atoms with van der Waals surface area (Å²) < 4.78 is 5.25. The zero-order valence-corrected chi connectivity index (χ0v) is 19.4. The van der Waals surface area contributed by atoms with Crippen LogP contribution in [0.15, 0.2) is 64.1 Å². The van der Waals surface area contributed by atoms with Gasteiger partial charge in [-0.15, -0.1) is 0 Å². The van der Waals surface area contributed by atoms with E-state index >= 15 is 0 Å². The van der Waals surface area contributed by atoms with Crippen LogP contribution in [0.25, 0.3) is 0 Å². The molecule has 0 radical (unpaired) electrons. The second-order valence-corrected chi connectivity index (χ2v) is 7.20. The Bertz CT molecular complexity index is 1160. The fourth-order valence-corrected chi connectivity index (χ4v) is 2.97. The summed E-state index contributed by atoms with van der Waals surface area (Å²) in [6.45, 7) is 2.19. The van der Waals surface area contributed by atoms with Crippen LogP contribution < -0.4 is 4.74 Å². The predicted octanol–water partition coefficient (Wildman–Crippen LogP) is 2.24. The Morgan fingerprint density at radius 3 is 2.29 bits per heavy atom. The largest absolute Gasteiger partial charge is 0.507 e. The van der Waals surface area contributed by atoms with Crippen LogP contribution in [0.2, 0.25) is 0 Å². The average Bonchev–Trinajstić information content (AvgIpc) is 3.03. The number of rotatable bonds is 9. The number of phenols is 2. The number of benzene rings is 2. The Hall–Kier alpha value is -3.75. The molecular weight excluding hydrogens is 482 g/mol. The zero-order valence-electron chi connectivity index (χ0n) is 18.3. The molecule has 0 saturated heterocycles. The molecule has 0 saturated carbocycles. The van der Waals surface area contributed by atoms with Gasteiger partial charge in [0, 0.05) is 58.8 Å². The Morgan fingerprint density at radius 2 is 1.65 bits per heavy atom. The van der Waals surface area contributed by atoms with Crippen molar-refractivity contribution in [3.8, 4) is 17.2 Å². The summed E-state index contributed by atoms with van der Waals surface area (Å²) in [6.07, 6.45) is 4.08. The predicted molar refractivity (Wildman–Crippen MR) is 122 cm³/mol. The fourth-order valence-electron chi connectivity index (χ4n) is 2.97. The molecule has 0 bridgehead atoms. The Morgan fingerprint density at radius 1 is 1.00 bits per heavy atom. The van der Waals surface area contributed by atoms with Crippen molar-refractivity contribution in [2.75, 3.05) is 19.6 Å². The molecule has 0 spiro atoms. The summed E-state index contributed by atoms with van der Waals surface area (Å²) in [5.41, 5.74) is 1.30. The molecule has 0 aromatic heterocycles. The summed E-state index contributed by atoms with van der Waals surface area (Å²) in [6, 6.07) is 11.1. The third kappa shape index (κ3) is 7.13. The van der Waals surface area contributed by atoms with E-state index in [4.69, 9.17) is 4.74 Å². The second-order valence-electron chi connectivity index (χ2n) is 7.20. The van der Waals surface area contributed by atoms with Crippen LogP contribution in [0, 0.1) is 0 Å². The molecule has 0 atom stereocenters. The SMILES string of the molecule is CC1=CC(=O)N(CCC(=O)Oc2ccc(O)c(C=NCCN=Cc3ccccc3O)c2)C1=O.[Fe]. The first-order valence-electron chi connectivity index (χ1n) is 10.2. The summed E-state index contributed by atoms with van der Waals surface area (Å²) in [4.78, 5) is 45.1. The number of carbonyl (C=O) groups excluding carboxylic acids is 3. The van der Waals surface area contributed by atoms with E-state index in [0.717, 1.165) is 4.90 Å². The molecule has 2 N–H and O–H groups in total. The number of phenolic OH excluding ortho intramolecular Hbond substituents is 2. The van der Waals surface area contributed by atoms with E-state index < -0.39 is 17.8 Å². The number of aromatic hydroxyl groups is 2. The molecule has 0 aliphatic carbocycles. The van der Waals surface area contributed by atoms with Gasteiger partial charge in [0.05, 0.1) is 19.5 Å². The topological polar surface area (TPSA) is 129 Å². The van der Waals surface area contributed by atoms with Crippen molar-refractivity contribution in [1.82, 2.24) is 4.90 Å². The minimum Gasteiger partial charge on any atom is -0.507 e. The molecule has 3 rings (SSSR count). The van der Waals surface area contributed by atoms with Gasteiger partial charge in [0.15, 0.2) is 0 Å². The average molecular weight is 505 g/mol. The van der Waals surface area contributed by atoms with Gasteiger partial charge in [-0.3, -0.25) is 29.3 Å². The van der Waals surface area contributed by atoms with Crippen molar-refractivity contribution in [3.05, 3.63) is 65.2 Å². The third-order valence-electron chi connectivity index (χ3n) is 4.71. The Balaban J connectivity index is 0.00000408. The van der Waals surface area contributed by atoms with Crippen molar-refractivity contribution >= 4 is 30.2 Å². The smallest absolute Gasteiger partial charge is 0.312 e. The molecular formula is C24H23FeN3O6. The molecule has 0 unspecified atom stereocenters. The van der Waals surface area contributed by atoms with Gasteiger partial charge in [0.2, 0.25) is 0 Å². The van der Waals surface area contributed by atoms with E-state index in [9.17, 15) is 24.6 Å². The van der Waals surface area contributed by atoms with Gasteiger partial charge in [-0.25, -0.2) is 0 Å². The van der Waals surface area contributed by atoms with Crippen LogP contribution in [0.4, 0.5) is 0 Å². The minimum absolute atomic E-state index is 0. The van der Waals surface area contributed by atoms with Crippen LogP contribution in [-0.4, -0.2) is 65.0 Å². The van der Waals surface area contributed by atoms with Gasteiger partial charge in [-0.1, -0.05) is 12.1 Å². The van der Waals surface area contributed by atoms with Gasteiger partial charge in [0.1, 0.15) is 17.2 Å². The number of hydrogen-bond acceptors (Lipinski definition) is 8. The molecule has 2 amide bonds. The monoisotopic (exact) mass is 505 g/mol. The van der Waals surface area contributed by atoms with E-state index in [1.165, 1.54) is 30.5 Å². The van der Waals surface area contributed by atoms with E-state index in [1.807, 2.05) is 0 Å². The molecule has 1 heterocycles. The summed E-state index contributed by atoms with van der Waals surface area (Å²) in [7, 11) is 0. The van der Waals surface area contributed by atoms with E-state index in [-0.39, 0.29) is 47.3 Å². The first kappa shape index (κ1) is 26.5. The molecule has 2 aromatic carbocycles. The molecule has 0 fully saturated rings. The molecule has 2 aromatic rings. The van der Waals surface area contributed by atoms with Crippen molar-refractivity contribution in [2.24, 2.45) is 9.98 Å². The molecule has 1 aliphatic rings. The number of aliphatic imine (C=N–C) groups is 2. The maximum absolute atomic E-state index is 12.1. The molecule has 10 heteroatoms. The molecule has 34 heavy (non-hydrogen) atoms. The zero-order chi connectivity index (χ0) is 23.8. The summed E-state index contributed by atoms with van der Waals surface area (Å²) in [5.74, 6) is -1.17. The molecule has 9 nitrogen and oxygen atoms in total. The van der Waals surface area contributed by atoms with E-state index in [1.54, 1.807) is 37.4 Å². The number of amides is 2. The molecule has 178 valence electrons. The number of hydrogen-bond donors (Lipinski definition) is 2. The quantitative estimate of drug-likeness (QED) is 0.134. The van der Waals surface area contributed by atoms with Crippen molar-refractivity contribution in [2.45, 2.75) is 13.3 Å². The first-order valence-corrected chi connectivity index (χ1v) is 10.2. The van der Waals surface area contributed by atoms with Crippen LogP contribution in [-0.2, 0) is 31.5 Å². The van der Waals surface area contributed by atoms with Gasteiger partial charge in [-0.05, 0) is 37.3 Å². The van der Waals surface area contributed by atoms with Gasteiger partial charge in [-0.2, -0.15) is 0 Å². The normalized spacial score (nSPS) is 13.4. The fraction of sp³-hybridized carbons (Fsp3) is 0.208. The van der Waals surface area contributed by atoms with Crippen molar-refractivity contribution in [3.63, 3.8) is 0 Å². The number of para-hydroxylation sites is 1. The number of ether oxygens (including phenoxy) is 1. The number of nitrogens with zero attached hydrogens (tertiary/aromatic N) is 3. The maximum Gasteiger partial charge on any atom is 0.312 e. The van der Waals surface area contributed by atoms with Crippen LogP contribution >= 0.6 is 0 Å². The van der Waals surface area contributed by atoms with Gasteiger partial charge < -0.3 is 14.9 Å².